The van der Waals surface area contributed by atoms with Crippen molar-refractivity contribution in [1.29, 1.82) is 5.41 Å². The van der Waals surface area contributed by atoms with Gasteiger partial charge in [0, 0.05) is 30.3 Å². The van der Waals surface area contributed by atoms with Gasteiger partial charge in [-0.05, 0) is 82.9 Å². The van der Waals surface area contributed by atoms with Gasteiger partial charge in [0.2, 0.25) is 0 Å². The molecule has 41 heavy (non-hydrogen) atoms. The number of amides is 1. The molecule has 2 aromatic carbocycles. The molecule has 0 aromatic heterocycles. The van der Waals surface area contributed by atoms with Gasteiger partial charge >= 0.3 is 5.97 Å². The second-order valence-electron chi connectivity index (χ2n) is 12.7. The van der Waals surface area contributed by atoms with Crippen molar-refractivity contribution >= 4 is 23.5 Å². The number of nitrogens with zero attached hydrogens (tertiary/aromatic N) is 1. The summed E-state index contributed by atoms with van der Waals surface area (Å²) in [6.45, 7) is 17.3. The Morgan fingerprint density at radius 3 is 2.20 bits per heavy atom. The second kappa shape index (κ2) is 11.5. The number of carbonyl (C=O) groups excluding carboxylic acids is 3. The Morgan fingerprint density at radius 2 is 1.63 bits per heavy atom. The standard InChI is InChI=1S/C32H43N3O6/c1-11-39-26-15-20-17-35(27(33)21(20)16-22(26)28(37)34-10)18-24(36)19-12-13-25(23(14-19)30(2,3)4)40-32(8,9)29(38)41-31(5,6)7/h12-16,33H,11,17-18H2,1-10H3,(H,34,37). The highest BCUT2D eigenvalue weighted by molar-refractivity contribution is 6.07. The van der Waals surface area contributed by atoms with Crippen LogP contribution in [-0.4, -0.2) is 59.8 Å². The summed E-state index contributed by atoms with van der Waals surface area (Å²) in [4.78, 5) is 40.4. The van der Waals surface area contributed by atoms with Crippen LogP contribution in [0, 0.1) is 5.41 Å². The van der Waals surface area contributed by atoms with E-state index in [-0.39, 0.29) is 24.1 Å². The van der Waals surface area contributed by atoms with Crippen molar-refractivity contribution in [2.24, 2.45) is 0 Å². The first kappa shape index (κ1) is 31.6. The highest BCUT2D eigenvalue weighted by atomic mass is 16.6. The fourth-order valence-corrected chi connectivity index (χ4v) is 4.51. The number of carbonyl (C=O) groups is 3. The number of ketones is 1. The maximum Gasteiger partial charge on any atom is 0.350 e. The van der Waals surface area contributed by atoms with E-state index >= 15 is 0 Å². The Kier molecular flexibility index (Phi) is 8.91. The lowest BCUT2D eigenvalue weighted by Crippen LogP contribution is -2.43. The molecule has 0 bridgehead atoms. The maximum absolute atomic E-state index is 13.5. The van der Waals surface area contributed by atoms with E-state index in [1.54, 1.807) is 76.9 Å². The summed E-state index contributed by atoms with van der Waals surface area (Å²) in [5, 5.41) is 11.3. The van der Waals surface area contributed by atoms with Crippen LogP contribution in [0.5, 0.6) is 11.5 Å². The molecule has 9 nitrogen and oxygen atoms in total. The van der Waals surface area contributed by atoms with E-state index in [2.05, 4.69) is 5.32 Å². The van der Waals surface area contributed by atoms with Crippen LogP contribution in [0.4, 0.5) is 0 Å². The summed E-state index contributed by atoms with van der Waals surface area (Å²) in [5.74, 6) is 0.177. The summed E-state index contributed by atoms with van der Waals surface area (Å²) < 4.78 is 17.4. The zero-order chi connectivity index (χ0) is 30.9. The smallest absolute Gasteiger partial charge is 0.350 e. The summed E-state index contributed by atoms with van der Waals surface area (Å²) in [6.07, 6.45) is 0. The Morgan fingerprint density at radius 1 is 0.976 bits per heavy atom. The molecule has 1 aliphatic heterocycles. The average Bonchev–Trinajstić information content (AvgIpc) is 3.15. The van der Waals surface area contributed by atoms with Gasteiger partial charge < -0.3 is 24.4 Å². The fourth-order valence-electron chi connectivity index (χ4n) is 4.51. The van der Waals surface area contributed by atoms with Crippen LogP contribution in [-0.2, 0) is 21.5 Å². The van der Waals surface area contributed by atoms with Gasteiger partial charge in [0.1, 0.15) is 22.9 Å². The van der Waals surface area contributed by atoms with Crippen molar-refractivity contribution in [3.05, 3.63) is 58.1 Å². The largest absolute Gasteiger partial charge is 0.493 e. The minimum absolute atomic E-state index is 0.0139. The van der Waals surface area contributed by atoms with E-state index in [0.29, 0.717) is 41.3 Å². The predicted octanol–water partition coefficient (Wildman–Crippen LogP) is 5.27. The van der Waals surface area contributed by atoms with Gasteiger partial charge in [-0.1, -0.05) is 20.8 Å². The topological polar surface area (TPSA) is 118 Å². The lowest BCUT2D eigenvalue weighted by atomic mass is 9.84. The van der Waals surface area contributed by atoms with Crippen LogP contribution >= 0.6 is 0 Å². The number of Topliss-reactive ketones (excluding diaryl/α,β-unsaturated/α-hetero) is 1. The first-order valence-corrected chi connectivity index (χ1v) is 13.8. The Labute approximate surface area is 243 Å². The van der Waals surface area contributed by atoms with Crippen LogP contribution in [0.2, 0.25) is 0 Å². The molecule has 2 N–H and O–H groups in total. The van der Waals surface area contributed by atoms with E-state index in [9.17, 15) is 14.4 Å². The zero-order valence-corrected chi connectivity index (χ0v) is 25.9. The van der Waals surface area contributed by atoms with E-state index in [1.807, 2.05) is 27.7 Å². The van der Waals surface area contributed by atoms with Crippen LogP contribution in [0.15, 0.2) is 30.3 Å². The molecule has 0 unspecified atom stereocenters. The predicted molar refractivity (Wildman–Crippen MR) is 158 cm³/mol. The number of hydrogen-bond acceptors (Lipinski definition) is 7. The van der Waals surface area contributed by atoms with Gasteiger partial charge in [0.05, 0.1) is 18.7 Å². The number of rotatable bonds is 9. The first-order valence-electron chi connectivity index (χ1n) is 13.8. The minimum Gasteiger partial charge on any atom is -0.493 e. The van der Waals surface area contributed by atoms with Crippen LogP contribution in [0.3, 0.4) is 0 Å². The maximum atomic E-state index is 13.5. The second-order valence-corrected chi connectivity index (χ2v) is 12.7. The van der Waals surface area contributed by atoms with E-state index in [4.69, 9.17) is 19.6 Å². The molecule has 1 amide bonds. The van der Waals surface area contributed by atoms with Crippen molar-refractivity contribution in [3.8, 4) is 11.5 Å². The van der Waals surface area contributed by atoms with Gasteiger partial charge in [-0.2, -0.15) is 0 Å². The summed E-state index contributed by atoms with van der Waals surface area (Å²) in [5.41, 5.74) is 0.731. The number of benzene rings is 2. The number of ether oxygens (including phenoxy) is 3. The van der Waals surface area contributed by atoms with Crippen LogP contribution < -0.4 is 14.8 Å². The summed E-state index contributed by atoms with van der Waals surface area (Å²) in [6, 6.07) is 8.63. The summed E-state index contributed by atoms with van der Waals surface area (Å²) in [7, 11) is 1.54. The van der Waals surface area contributed by atoms with Gasteiger partial charge in [-0.25, -0.2) is 4.79 Å². The number of amidine groups is 1. The lowest BCUT2D eigenvalue weighted by molar-refractivity contribution is -0.171. The number of nitrogens with one attached hydrogen (secondary N) is 2. The molecular weight excluding hydrogens is 522 g/mol. The molecule has 0 fully saturated rings. The summed E-state index contributed by atoms with van der Waals surface area (Å²) >= 11 is 0. The number of fused-ring (bicyclic) bond motifs is 1. The third kappa shape index (κ3) is 7.26. The normalized spacial score (nSPS) is 13.5. The Bertz CT molecular complexity index is 1360. The zero-order valence-electron chi connectivity index (χ0n) is 25.9. The van der Waals surface area contributed by atoms with Crippen molar-refractivity contribution in [3.63, 3.8) is 0 Å². The molecule has 0 atom stereocenters. The quantitative estimate of drug-likeness (QED) is 0.314. The number of hydrogen-bond donors (Lipinski definition) is 2. The first-order chi connectivity index (χ1) is 18.9. The van der Waals surface area contributed by atoms with E-state index < -0.39 is 22.6 Å². The van der Waals surface area contributed by atoms with Gasteiger partial charge in [0.25, 0.3) is 5.91 Å². The minimum atomic E-state index is -1.25. The monoisotopic (exact) mass is 565 g/mol. The molecule has 2 aromatic rings. The van der Waals surface area contributed by atoms with Gasteiger partial charge in [0.15, 0.2) is 11.4 Å². The van der Waals surface area contributed by atoms with Gasteiger partial charge in [-0.3, -0.25) is 15.0 Å². The molecule has 0 radical (unpaired) electrons. The third-order valence-electron chi connectivity index (χ3n) is 6.61. The molecule has 0 saturated carbocycles. The number of esters is 1. The average molecular weight is 566 g/mol. The Hall–Kier alpha value is -3.88. The fraction of sp³-hybridized carbons (Fsp3) is 0.500. The highest BCUT2D eigenvalue weighted by Gasteiger charge is 2.36. The van der Waals surface area contributed by atoms with Crippen LogP contribution in [0.1, 0.15) is 99.7 Å². The lowest BCUT2D eigenvalue weighted by Gasteiger charge is -2.32. The SMILES string of the molecule is CCOc1cc2c(cc1C(=O)NC)C(=N)N(CC(=O)c1ccc(OC(C)(C)C(=O)OC(C)(C)C)c(C(C)(C)C)c1)C2. The molecular formula is C32H43N3O6. The highest BCUT2D eigenvalue weighted by Crippen LogP contribution is 2.36. The van der Waals surface area contributed by atoms with Crippen molar-refractivity contribution in [2.45, 2.75) is 85.5 Å². The molecule has 0 saturated heterocycles. The molecule has 222 valence electrons. The third-order valence-corrected chi connectivity index (χ3v) is 6.61. The van der Waals surface area contributed by atoms with E-state index in [1.165, 1.54) is 0 Å². The molecule has 1 aliphatic rings. The molecule has 1 heterocycles. The molecule has 3 rings (SSSR count). The van der Waals surface area contributed by atoms with Crippen molar-refractivity contribution in [1.82, 2.24) is 10.2 Å². The van der Waals surface area contributed by atoms with Crippen LogP contribution in [0.25, 0.3) is 0 Å². The Balaban J connectivity index is 1.86. The van der Waals surface area contributed by atoms with Gasteiger partial charge in [-0.15, -0.1) is 0 Å². The van der Waals surface area contributed by atoms with E-state index in [0.717, 1.165) is 11.1 Å². The molecule has 9 heteroatoms. The van der Waals surface area contributed by atoms with Crippen molar-refractivity contribution in [2.75, 3.05) is 20.2 Å². The molecule has 0 aliphatic carbocycles. The molecule has 0 spiro atoms. The van der Waals surface area contributed by atoms with Crippen molar-refractivity contribution < 1.29 is 28.6 Å².